The van der Waals surface area contributed by atoms with Crippen LogP contribution in [0.25, 0.3) is 22.2 Å². The van der Waals surface area contributed by atoms with E-state index in [1.54, 1.807) is 0 Å². The lowest BCUT2D eigenvalue weighted by atomic mass is 10.1. The van der Waals surface area contributed by atoms with Gasteiger partial charge in [0, 0.05) is 12.1 Å². The molecule has 0 aliphatic rings. The molecule has 0 aliphatic heterocycles. The summed E-state index contributed by atoms with van der Waals surface area (Å²) in [6.45, 7) is 3.50. The highest BCUT2D eigenvalue weighted by atomic mass is 16.4. The fourth-order valence-electron chi connectivity index (χ4n) is 3.07. The average molecular weight is 343 g/mol. The van der Waals surface area contributed by atoms with Crippen LogP contribution in [-0.4, -0.2) is 22.1 Å². The lowest BCUT2D eigenvalue weighted by molar-refractivity contribution is 0.283. The first-order valence-electron chi connectivity index (χ1n) is 8.73. The molecule has 0 bridgehead atoms. The molecule has 0 saturated heterocycles. The van der Waals surface area contributed by atoms with Crippen LogP contribution in [0.4, 0.5) is 0 Å². The van der Waals surface area contributed by atoms with Gasteiger partial charge in [0.2, 0.25) is 11.8 Å². The summed E-state index contributed by atoms with van der Waals surface area (Å²) >= 11 is 0. The molecule has 4 rings (SSSR count). The van der Waals surface area contributed by atoms with E-state index in [0.29, 0.717) is 18.3 Å². The van der Waals surface area contributed by atoms with Crippen molar-refractivity contribution in [3.63, 3.8) is 0 Å². The Hall–Kier alpha value is -2.98. The molecule has 0 fully saturated rings. The third-order valence-corrected chi connectivity index (χ3v) is 4.44. The van der Waals surface area contributed by atoms with Gasteiger partial charge in [0.15, 0.2) is 0 Å². The lowest BCUT2D eigenvalue weighted by Crippen LogP contribution is -2.17. The van der Waals surface area contributed by atoms with Crippen LogP contribution < -0.4 is 0 Å². The third kappa shape index (κ3) is 3.65. The summed E-state index contributed by atoms with van der Waals surface area (Å²) in [4.78, 5) is 2.18. The highest BCUT2D eigenvalue weighted by molar-refractivity contribution is 5.82. The minimum absolute atomic E-state index is 0.569. The molecule has 0 radical (unpaired) electrons. The molecule has 4 heteroatoms. The van der Waals surface area contributed by atoms with Crippen LogP contribution in [0.1, 0.15) is 17.0 Å². The second kappa shape index (κ2) is 7.10. The number of aryl methyl sites for hydroxylation is 1. The van der Waals surface area contributed by atoms with Crippen LogP contribution in [0.15, 0.2) is 71.1 Å². The molecule has 0 amide bonds. The summed E-state index contributed by atoms with van der Waals surface area (Å²) in [7, 11) is 2.06. The van der Waals surface area contributed by atoms with E-state index in [4.69, 9.17) is 4.42 Å². The van der Waals surface area contributed by atoms with E-state index in [9.17, 15) is 0 Å². The number of hydrogen-bond acceptors (Lipinski definition) is 4. The van der Waals surface area contributed by atoms with Crippen LogP contribution in [0.2, 0.25) is 0 Å². The van der Waals surface area contributed by atoms with E-state index in [1.807, 2.05) is 24.3 Å². The van der Waals surface area contributed by atoms with Crippen molar-refractivity contribution in [2.45, 2.75) is 20.0 Å². The molecule has 0 aliphatic carbocycles. The fraction of sp³-hybridized carbons (Fsp3) is 0.182. The van der Waals surface area contributed by atoms with E-state index in [1.165, 1.54) is 21.9 Å². The van der Waals surface area contributed by atoms with Crippen molar-refractivity contribution in [3.8, 4) is 11.5 Å². The molecule has 0 spiro atoms. The molecule has 1 heterocycles. The Balaban J connectivity index is 1.44. The van der Waals surface area contributed by atoms with Gasteiger partial charge in [0.25, 0.3) is 0 Å². The zero-order chi connectivity index (χ0) is 17.9. The summed E-state index contributed by atoms with van der Waals surface area (Å²) in [5.74, 6) is 1.20. The van der Waals surface area contributed by atoms with Gasteiger partial charge in [0.05, 0.1) is 6.54 Å². The van der Waals surface area contributed by atoms with Gasteiger partial charge < -0.3 is 4.42 Å². The fourth-order valence-corrected chi connectivity index (χ4v) is 3.07. The summed E-state index contributed by atoms with van der Waals surface area (Å²) in [5, 5.41) is 10.9. The number of fused-ring (bicyclic) bond motifs is 1. The van der Waals surface area contributed by atoms with Gasteiger partial charge in [-0.05, 0) is 48.5 Å². The molecule has 4 aromatic rings. The minimum atomic E-state index is 0.569. The Kier molecular flexibility index (Phi) is 4.50. The van der Waals surface area contributed by atoms with E-state index in [-0.39, 0.29) is 0 Å². The molecule has 3 aromatic carbocycles. The smallest absolute Gasteiger partial charge is 0.247 e. The van der Waals surface area contributed by atoms with Gasteiger partial charge in [0.1, 0.15) is 0 Å². The molecular weight excluding hydrogens is 322 g/mol. The van der Waals surface area contributed by atoms with Gasteiger partial charge in [-0.1, -0.05) is 54.1 Å². The van der Waals surface area contributed by atoms with Crippen molar-refractivity contribution in [2.24, 2.45) is 0 Å². The maximum absolute atomic E-state index is 5.82. The molecule has 4 nitrogen and oxygen atoms in total. The van der Waals surface area contributed by atoms with Crippen molar-refractivity contribution >= 4 is 10.8 Å². The normalized spacial score (nSPS) is 11.3. The molecule has 1 aromatic heterocycles. The highest BCUT2D eigenvalue weighted by Crippen LogP contribution is 2.20. The maximum Gasteiger partial charge on any atom is 0.247 e. The molecule has 0 atom stereocenters. The number of nitrogens with zero attached hydrogens (tertiary/aromatic N) is 3. The van der Waals surface area contributed by atoms with Crippen molar-refractivity contribution < 1.29 is 4.42 Å². The zero-order valence-electron chi connectivity index (χ0n) is 15.0. The monoisotopic (exact) mass is 343 g/mol. The van der Waals surface area contributed by atoms with Crippen molar-refractivity contribution in [2.75, 3.05) is 7.05 Å². The van der Waals surface area contributed by atoms with Crippen molar-refractivity contribution in [3.05, 3.63) is 83.7 Å². The van der Waals surface area contributed by atoms with E-state index in [2.05, 4.69) is 71.5 Å². The number of benzene rings is 3. The van der Waals surface area contributed by atoms with E-state index in [0.717, 1.165) is 12.1 Å². The second-order valence-electron chi connectivity index (χ2n) is 6.72. The molecule has 130 valence electrons. The second-order valence-corrected chi connectivity index (χ2v) is 6.72. The maximum atomic E-state index is 5.82. The minimum Gasteiger partial charge on any atom is -0.419 e. The molecule has 26 heavy (non-hydrogen) atoms. The molecule has 0 unspecified atom stereocenters. The Labute approximate surface area is 153 Å². The Morgan fingerprint density at radius 2 is 1.62 bits per heavy atom. The first-order chi connectivity index (χ1) is 12.7. The lowest BCUT2D eigenvalue weighted by Gasteiger charge is -2.14. The van der Waals surface area contributed by atoms with Gasteiger partial charge in [-0.2, -0.15) is 0 Å². The summed E-state index contributed by atoms with van der Waals surface area (Å²) in [5.41, 5.74) is 3.43. The van der Waals surface area contributed by atoms with Crippen LogP contribution in [0.5, 0.6) is 0 Å². The van der Waals surface area contributed by atoms with Gasteiger partial charge >= 0.3 is 0 Å². The topological polar surface area (TPSA) is 42.2 Å². The Morgan fingerprint density at radius 1 is 0.846 bits per heavy atom. The first kappa shape index (κ1) is 16.5. The predicted octanol–water partition coefficient (Wildman–Crippen LogP) is 4.83. The molecular formula is C22H21N3O. The highest BCUT2D eigenvalue weighted by Gasteiger charge is 2.11. The Morgan fingerprint density at radius 3 is 2.42 bits per heavy atom. The summed E-state index contributed by atoms with van der Waals surface area (Å²) < 4.78 is 5.82. The third-order valence-electron chi connectivity index (χ3n) is 4.44. The quantitative estimate of drug-likeness (QED) is 0.520. The van der Waals surface area contributed by atoms with E-state index < -0.39 is 0 Å². The number of hydrogen-bond donors (Lipinski definition) is 0. The van der Waals surface area contributed by atoms with Gasteiger partial charge in [-0.3, -0.25) is 4.90 Å². The van der Waals surface area contributed by atoms with Crippen LogP contribution >= 0.6 is 0 Å². The van der Waals surface area contributed by atoms with Crippen LogP contribution in [0, 0.1) is 6.92 Å². The number of aromatic nitrogens is 2. The van der Waals surface area contributed by atoms with Gasteiger partial charge in [-0.25, -0.2) is 0 Å². The standard InChI is InChI=1S/C22H21N3O/c1-16-7-10-19(11-8-16)22-24-23-21(26-22)15-25(2)14-17-9-12-18-5-3-4-6-20(18)13-17/h3-13H,14-15H2,1-2H3. The summed E-state index contributed by atoms with van der Waals surface area (Å²) in [6, 6.07) is 23.1. The predicted molar refractivity (Wildman–Crippen MR) is 104 cm³/mol. The van der Waals surface area contributed by atoms with Crippen molar-refractivity contribution in [1.82, 2.24) is 15.1 Å². The van der Waals surface area contributed by atoms with Gasteiger partial charge in [-0.15, -0.1) is 10.2 Å². The largest absolute Gasteiger partial charge is 0.419 e. The zero-order valence-corrected chi connectivity index (χ0v) is 15.0. The molecule has 0 N–H and O–H groups in total. The van der Waals surface area contributed by atoms with Crippen LogP contribution in [-0.2, 0) is 13.1 Å². The first-order valence-corrected chi connectivity index (χ1v) is 8.73. The summed E-state index contributed by atoms with van der Waals surface area (Å²) in [6.07, 6.45) is 0. The Bertz CT molecular complexity index is 1020. The molecule has 0 saturated carbocycles. The SMILES string of the molecule is Cc1ccc(-c2nnc(CN(C)Cc3ccc4ccccc4c3)o2)cc1. The van der Waals surface area contributed by atoms with Crippen LogP contribution in [0.3, 0.4) is 0 Å². The number of rotatable bonds is 5. The van der Waals surface area contributed by atoms with E-state index >= 15 is 0 Å². The van der Waals surface area contributed by atoms with Crippen molar-refractivity contribution in [1.29, 1.82) is 0 Å². The average Bonchev–Trinajstić information content (AvgIpc) is 3.10.